The van der Waals surface area contributed by atoms with Crippen LogP contribution in [0.5, 0.6) is 0 Å². The molecule has 0 aromatic carbocycles. The van der Waals surface area contributed by atoms with E-state index in [0.29, 0.717) is 22.9 Å². The zero-order valence-electron chi connectivity index (χ0n) is 15.2. The van der Waals surface area contributed by atoms with Crippen molar-refractivity contribution in [3.63, 3.8) is 0 Å². The average Bonchev–Trinajstić information content (AvgIpc) is 2.26. The van der Waals surface area contributed by atoms with Gasteiger partial charge in [0.2, 0.25) is 0 Å². The molecule has 120 valence electrons. The molecule has 1 saturated carbocycles. The molecule has 2 heteroatoms. The molecule has 0 radical (unpaired) electrons. The summed E-state index contributed by atoms with van der Waals surface area (Å²) in [4.78, 5) is 2.62. The molecule has 3 atom stereocenters. The van der Waals surface area contributed by atoms with E-state index in [9.17, 15) is 0 Å². The highest BCUT2D eigenvalue weighted by molar-refractivity contribution is 4.94. The second-order valence-corrected chi connectivity index (χ2v) is 9.08. The summed E-state index contributed by atoms with van der Waals surface area (Å²) in [6, 6.07) is 1.36. The fourth-order valence-electron chi connectivity index (χ4n) is 3.79. The van der Waals surface area contributed by atoms with Crippen LogP contribution in [0.2, 0.25) is 0 Å². The van der Waals surface area contributed by atoms with Gasteiger partial charge in [0.1, 0.15) is 0 Å². The third-order valence-corrected chi connectivity index (χ3v) is 4.80. The van der Waals surface area contributed by atoms with E-state index in [-0.39, 0.29) is 0 Å². The SMILES string of the molecule is CCNC1CCC(C(C)(C)C)CC1N(C)CC(C)(C)C. The lowest BCUT2D eigenvalue weighted by molar-refractivity contribution is 0.0563. The highest BCUT2D eigenvalue weighted by atomic mass is 15.2. The lowest BCUT2D eigenvalue weighted by Gasteiger charge is -2.46. The van der Waals surface area contributed by atoms with Gasteiger partial charge in [-0.05, 0) is 49.6 Å². The topological polar surface area (TPSA) is 15.3 Å². The first-order valence-electron chi connectivity index (χ1n) is 8.48. The van der Waals surface area contributed by atoms with E-state index in [1.54, 1.807) is 0 Å². The van der Waals surface area contributed by atoms with E-state index in [2.05, 4.69) is 65.7 Å². The summed E-state index contributed by atoms with van der Waals surface area (Å²) in [5, 5.41) is 3.73. The fraction of sp³-hybridized carbons (Fsp3) is 1.00. The molecule has 1 N–H and O–H groups in total. The lowest BCUT2D eigenvalue weighted by atomic mass is 9.69. The number of hydrogen-bond donors (Lipinski definition) is 1. The standard InChI is InChI=1S/C18H38N2/c1-9-19-15-11-10-14(18(5,6)7)12-16(15)20(8)13-17(2,3)4/h14-16,19H,9-13H2,1-8H3. The first-order valence-corrected chi connectivity index (χ1v) is 8.48. The van der Waals surface area contributed by atoms with Gasteiger partial charge in [-0.1, -0.05) is 48.5 Å². The second-order valence-electron chi connectivity index (χ2n) is 9.08. The molecule has 0 amide bonds. The molecule has 1 aliphatic carbocycles. The molecule has 0 aliphatic heterocycles. The number of nitrogens with one attached hydrogen (secondary N) is 1. The van der Waals surface area contributed by atoms with Crippen LogP contribution in [0, 0.1) is 16.7 Å². The number of likely N-dealkylation sites (N-methyl/N-ethyl adjacent to an activating group) is 2. The predicted octanol–water partition coefficient (Wildman–Crippen LogP) is 4.16. The van der Waals surface area contributed by atoms with Crippen LogP contribution in [0.25, 0.3) is 0 Å². The van der Waals surface area contributed by atoms with Crippen LogP contribution in [0.4, 0.5) is 0 Å². The van der Waals surface area contributed by atoms with E-state index in [4.69, 9.17) is 0 Å². The summed E-state index contributed by atoms with van der Waals surface area (Å²) >= 11 is 0. The van der Waals surface area contributed by atoms with Crippen LogP contribution >= 0.6 is 0 Å². The summed E-state index contributed by atoms with van der Waals surface area (Å²) in [6.07, 6.45) is 4.05. The summed E-state index contributed by atoms with van der Waals surface area (Å²) in [7, 11) is 2.32. The third kappa shape index (κ3) is 5.37. The molecule has 2 nitrogen and oxygen atoms in total. The molecule has 0 saturated heterocycles. The largest absolute Gasteiger partial charge is 0.313 e. The lowest BCUT2D eigenvalue weighted by Crippen LogP contribution is -2.54. The van der Waals surface area contributed by atoms with Crippen LogP contribution < -0.4 is 5.32 Å². The number of nitrogens with zero attached hydrogens (tertiary/aromatic N) is 1. The van der Waals surface area contributed by atoms with E-state index in [1.807, 2.05) is 0 Å². The second kappa shape index (κ2) is 6.79. The fourth-order valence-corrected chi connectivity index (χ4v) is 3.79. The average molecular weight is 283 g/mol. The van der Waals surface area contributed by atoms with Gasteiger partial charge in [0.05, 0.1) is 0 Å². The van der Waals surface area contributed by atoms with Gasteiger partial charge in [0.15, 0.2) is 0 Å². The highest BCUT2D eigenvalue weighted by Crippen LogP contribution is 2.39. The Kier molecular flexibility index (Phi) is 6.10. The number of rotatable bonds is 4. The van der Waals surface area contributed by atoms with Crippen molar-refractivity contribution in [1.82, 2.24) is 10.2 Å². The van der Waals surface area contributed by atoms with Crippen LogP contribution in [0.1, 0.15) is 67.7 Å². The minimum absolute atomic E-state index is 0.375. The van der Waals surface area contributed by atoms with Gasteiger partial charge in [-0.25, -0.2) is 0 Å². The number of hydrogen-bond acceptors (Lipinski definition) is 2. The molecule has 20 heavy (non-hydrogen) atoms. The maximum Gasteiger partial charge on any atom is 0.0249 e. The maximum atomic E-state index is 3.73. The first-order chi connectivity index (χ1) is 9.04. The zero-order valence-corrected chi connectivity index (χ0v) is 15.2. The van der Waals surface area contributed by atoms with Crippen LogP contribution in [-0.2, 0) is 0 Å². The van der Waals surface area contributed by atoms with E-state index >= 15 is 0 Å². The minimum Gasteiger partial charge on any atom is -0.313 e. The minimum atomic E-state index is 0.375. The van der Waals surface area contributed by atoms with Crippen LogP contribution in [0.3, 0.4) is 0 Å². The van der Waals surface area contributed by atoms with Gasteiger partial charge >= 0.3 is 0 Å². The molecule has 0 aromatic heterocycles. The van der Waals surface area contributed by atoms with E-state index in [1.165, 1.54) is 25.8 Å². The quantitative estimate of drug-likeness (QED) is 0.833. The monoisotopic (exact) mass is 282 g/mol. The van der Waals surface area contributed by atoms with Gasteiger partial charge in [0, 0.05) is 18.6 Å². The molecule has 0 bridgehead atoms. The smallest absolute Gasteiger partial charge is 0.0249 e. The maximum absolute atomic E-state index is 3.73. The van der Waals surface area contributed by atoms with Crippen LogP contribution in [-0.4, -0.2) is 37.1 Å². The summed E-state index contributed by atoms with van der Waals surface area (Å²) in [5.41, 5.74) is 0.818. The molecule has 1 aliphatic rings. The normalized spacial score (nSPS) is 28.9. The van der Waals surface area contributed by atoms with Crippen molar-refractivity contribution < 1.29 is 0 Å². The van der Waals surface area contributed by atoms with Gasteiger partial charge < -0.3 is 10.2 Å². The van der Waals surface area contributed by atoms with Gasteiger partial charge in [0.25, 0.3) is 0 Å². The molecule has 0 spiro atoms. The molecule has 0 aromatic rings. The molecule has 3 unspecified atom stereocenters. The van der Waals surface area contributed by atoms with E-state index < -0.39 is 0 Å². The molecule has 1 fully saturated rings. The zero-order chi connectivity index (χ0) is 15.6. The van der Waals surface area contributed by atoms with Crippen molar-refractivity contribution in [2.24, 2.45) is 16.7 Å². The molecule has 1 rings (SSSR count). The Morgan fingerprint density at radius 3 is 2.10 bits per heavy atom. The Morgan fingerprint density at radius 1 is 1.05 bits per heavy atom. The Labute approximate surface area is 127 Å². The first kappa shape index (κ1) is 18.0. The molecular formula is C18H38N2. The van der Waals surface area contributed by atoms with Gasteiger partial charge in [-0.2, -0.15) is 0 Å². The third-order valence-electron chi connectivity index (χ3n) is 4.80. The Bertz CT molecular complexity index is 285. The summed E-state index contributed by atoms with van der Waals surface area (Å²) < 4.78 is 0. The van der Waals surface area contributed by atoms with Crippen molar-refractivity contribution >= 4 is 0 Å². The van der Waals surface area contributed by atoms with Gasteiger partial charge in [-0.15, -0.1) is 0 Å². The van der Waals surface area contributed by atoms with Crippen molar-refractivity contribution in [1.29, 1.82) is 0 Å². The Balaban J connectivity index is 2.77. The molecule has 0 heterocycles. The van der Waals surface area contributed by atoms with Gasteiger partial charge in [-0.3, -0.25) is 0 Å². The van der Waals surface area contributed by atoms with Crippen molar-refractivity contribution in [3.05, 3.63) is 0 Å². The van der Waals surface area contributed by atoms with E-state index in [0.717, 1.165) is 12.5 Å². The summed E-state index contributed by atoms with van der Waals surface area (Å²) in [6.45, 7) is 18.8. The van der Waals surface area contributed by atoms with Crippen molar-refractivity contribution in [2.75, 3.05) is 20.1 Å². The van der Waals surface area contributed by atoms with Crippen molar-refractivity contribution in [2.45, 2.75) is 79.8 Å². The van der Waals surface area contributed by atoms with Crippen LogP contribution in [0.15, 0.2) is 0 Å². The predicted molar refractivity (Wildman–Crippen MR) is 90.1 cm³/mol. The Morgan fingerprint density at radius 2 is 1.65 bits per heavy atom. The highest BCUT2D eigenvalue weighted by Gasteiger charge is 2.37. The van der Waals surface area contributed by atoms with Crippen molar-refractivity contribution in [3.8, 4) is 0 Å². The Hall–Kier alpha value is -0.0800. The molecular weight excluding hydrogens is 244 g/mol. The summed E-state index contributed by atoms with van der Waals surface area (Å²) in [5.74, 6) is 0.852.